The molecule has 5 nitrogen and oxygen atoms in total. The molecule has 0 fully saturated rings. The molecule has 2 heterocycles. The summed E-state index contributed by atoms with van der Waals surface area (Å²) >= 11 is 3.32. The van der Waals surface area contributed by atoms with Gasteiger partial charge in [-0.2, -0.15) is 0 Å². The molecule has 0 bridgehead atoms. The van der Waals surface area contributed by atoms with Gasteiger partial charge in [0.1, 0.15) is 5.82 Å². The van der Waals surface area contributed by atoms with E-state index in [1.54, 1.807) is 29.2 Å². The summed E-state index contributed by atoms with van der Waals surface area (Å²) in [6, 6.07) is 3.94. The van der Waals surface area contributed by atoms with Crippen molar-refractivity contribution < 1.29 is 4.79 Å². The third kappa shape index (κ3) is 5.84. The highest BCUT2D eigenvalue weighted by Crippen LogP contribution is 2.18. The first-order valence-electron chi connectivity index (χ1n) is 7.56. The number of aromatic nitrogens is 3. The lowest BCUT2D eigenvalue weighted by Crippen LogP contribution is -2.24. The molecule has 0 aliphatic rings. The van der Waals surface area contributed by atoms with E-state index in [1.807, 2.05) is 35.2 Å². The molecule has 0 aliphatic carbocycles. The number of nitrogens with one attached hydrogen (secondary N) is 1. The van der Waals surface area contributed by atoms with E-state index < -0.39 is 0 Å². The Kier molecular flexibility index (Phi) is 6.85. The van der Waals surface area contributed by atoms with Crippen LogP contribution in [0.4, 0.5) is 0 Å². The predicted molar refractivity (Wildman–Crippen MR) is 96.6 cm³/mol. The molecule has 1 amide bonds. The van der Waals surface area contributed by atoms with Gasteiger partial charge < -0.3 is 9.88 Å². The first kappa shape index (κ1) is 17.7. The fraction of sp³-hybridized carbons (Fsp3) is 0.438. The Bertz CT molecular complexity index is 647. The molecule has 23 heavy (non-hydrogen) atoms. The molecule has 124 valence electrons. The summed E-state index contributed by atoms with van der Waals surface area (Å²) in [5.74, 6) is 2.44. The Morgan fingerprint density at radius 3 is 3.00 bits per heavy atom. The van der Waals surface area contributed by atoms with Crippen molar-refractivity contribution >= 4 is 35.1 Å². The van der Waals surface area contributed by atoms with E-state index in [1.165, 1.54) is 0 Å². The summed E-state index contributed by atoms with van der Waals surface area (Å²) in [6.07, 6.45) is 4.06. The minimum absolute atomic E-state index is 0.0880. The monoisotopic (exact) mass is 350 g/mol. The van der Waals surface area contributed by atoms with Crippen molar-refractivity contribution in [2.45, 2.75) is 25.4 Å². The van der Waals surface area contributed by atoms with Crippen LogP contribution in [0.25, 0.3) is 6.08 Å². The fourth-order valence-electron chi connectivity index (χ4n) is 1.83. The number of hydrogen-bond acceptors (Lipinski definition) is 5. The molecule has 2 rings (SSSR count). The first-order chi connectivity index (χ1) is 11.1. The van der Waals surface area contributed by atoms with Crippen molar-refractivity contribution in [3.05, 3.63) is 34.3 Å². The SMILES string of the molecule is CC(C)CSc1nnc(CCNC(=O)C=Cc2cccs2)n1C. The minimum atomic E-state index is -0.0880. The zero-order chi connectivity index (χ0) is 16.7. The van der Waals surface area contributed by atoms with Crippen molar-refractivity contribution in [3.63, 3.8) is 0 Å². The molecule has 0 spiro atoms. The van der Waals surface area contributed by atoms with Crippen LogP contribution in [0.5, 0.6) is 0 Å². The Hall–Kier alpha value is -1.60. The second kappa shape index (κ2) is 8.88. The average Bonchev–Trinajstić information content (AvgIpc) is 3.14. The number of hydrogen-bond donors (Lipinski definition) is 1. The van der Waals surface area contributed by atoms with E-state index in [2.05, 4.69) is 29.4 Å². The number of rotatable bonds is 8. The molecule has 0 saturated carbocycles. The van der Waals surface area contributed by atoms with Gasteiger partial charge in [-0.25, -0.2) is 0 Å². The molecule has 1 N–H and O–H groups in total. The zero-order valence-electron chi connectivity index (χ0n) is 13.7. The molecule has 0 radical (unpaired) electrons. The topological polar surface area (TPSA) is 59.8 Å². The second-order valence-electron chi connectivity index (χ2n) is 5.55. The van der Waals surface area contributed by atoms with Crippen molar-refractivity contribution in [2.24, 2.45) is 13.0 Å². The van der Waals surface area contributed by atoms with Crippen LogP contribution in [0.3, 0.4) is 0 Å². The Balaban J connectivity index is 1.76. The largest absolute Gasteiger partial charge is 0.352 e. The zero-order valence-corrected chi connectivity index (χ0v) is 15.3. The van der Waals surface area contributed by atoms with E-state index in [0.29, 0.717) is 18.9 Å². The lowest BCUT2D eigenvalue weighted by molar-refractivity contribution is -0.116. The summed E-state index contributed by atoms with van der Waals surface area (Å²) in [5, 5.41) is 14.2. The van der Waals surface area contributed by atoms with Gasteiger partial charge in [0.15, 0.2) is 5.16 Å². The Morgan fingerprint density at radius 1 is 1.48 bits per heavy atom. The lowest BCUT2D eigenvalue weighted by atomic mass is 10.3. The van der Waals surface area contributed by atoms with Crippen LogP contribution in [-0.4, -0.2) is 33.0 Å². The van der Waals surface area contributed by atoms with Gasteiger partial charge >= 0.3 is 0 Å². The van der Waals surface area contributed by atoms with Crippen LogP contribution < -0.4 is 5.32 Å². The molecule has 7 heteroatoms. The summed E-state index contributed by atoms with van der Waals surface area (Å²) in [6.45, 7) is 4.92. The van der Waals surface area contributed by atoms with Gasteiger partial charge in [-0.05, 0) is 23.4 Å². The molecule has 2 aromatic rings. The van der Waals surface area contributed by atoms with Gasteiger partial charge in [0.05, 0.1) is 0 Å². The highest BCUT2D eigenvalue weighted by atomic mass is 32.2. The smallest absolute Gasteiger partial charge is 0.244 e. The number of carbonyl (C=O) groups excluding carboxylic acids is 1. The van der Waals surface area contributed by atoms with Crippen molar-refractivity contribution in [3.8, 4) is 0 Å². The number of nitrogens with zero attached hydrogens (tertiary/aromatic N) is 3. The molecular formula is C16H22N4OS2. The Morgan fingerprint density at radius 2 is 2.30 bits per heavy atom. The number of thiophene rings is 1. The number of amides is 1. The van der Waals surface area contributed by atoms with E-state index in [4.69, 9.17) is 0 Å². The highest BCUT2D eigenvalue weighted by Gasteiger charge is 2.09. The first-order valence-corrected chi connectivity index (χ1v) is 9.43. The second-order valence-corrected chi connectivity index (χ2v) is 7.52. The highest BCUT2D eigenvalue weighted by molar-refractivity contribution is 7.99. The molecule has 2 aromatic heterocycles. The summed E-state index contributed by atoms with van der Waals surface area (Å²) in [4.78, 5) is 12.8. The van der Waals surface area contributed by atoms with Crippen molar-refractivity contribution in [2.75, 3.05) is 12.3 Å². The molecule has 0 aliphatic heterocycles. The molecule has 0 unspecified atom stereocenters. The average molecular weight is 351 g/mol. The third-order valence-corrected chi connectivity index (χ3v) is 5.35. The maximum absolute atomic E-state index is 11.8. The van der Waals surface area contributed by atoms with Crippen LogP contribution in [0.1, 0.15) is 24.5 Å². The van der Waals surface area contributed by atoms with Crippen LogP contribution in [0.2, 0.25) is 0 Å². The van der Waals surface area contributed by atoms with Gasteiger partial charge in [0.2, 0.25) is 5.91 Å². The molecule has 0 saturated heterocycles. The van der Waals surface area contributed by atoms with Crippen LogP contribution in [-0.2, 0) is 18.3 Å². The lowest BCUT2D eigenvalue weighted by Gasteiger charge is -2.05. The van der Waals surface area contributed by atoms with E-state index in [0.717, 1.165) is 21.6 Å². The summed E-state index contributed by atoms with van der Waals surface area (Å²) in [5.41, 5.74) is 0. The normalized spacial score (nSPS) is 11.5. The predicted octanol–water partition coefficient (Wildman–Crippen LogP) is 3.00. The maximum Gasteiger partial charge on any atom is 0.244 e. The number of carbonyl (C=O) groups is 1. The fourth-order valence-corrected chi connectivity index (χ4v) is 3.33. The molecular weight excluding hydrogens is 328 g/mol. The van der Waals surface area contributed by atoms with Crippen LogP contribution >= 0.6 is 23.1 Å². The number of thioether (sulfide) groups is 1. The summed E-state index contributed by atoms with van der Waals surface area (Å²) < 4.78 is 2.00. The minimum Gasteiger partial charge on any atom is -0.352 e. The molecule has 0 aromatic carbocycles. The molecule has 0 atom stereocenters. The van der Waals surface area contributed by atoms with E-state index in [9.17, 15) is 4.79 Å². The quantitative estimate of drug-likeness (QED) is 0.587. The van der Waals surface area contributed by atoms with Crippen molar-refractivity contribution in [1.29, 1.82) is 0 Å². The van der Waals surface area contributed by atoms with Gasteiger partial charge in [-0.3, -0.25) is 4.79 Å². The van der Waals surface area contributed by atoms with Crippen molar-refractivity contribution in [1.82, 2.24) is 20.1 Å². The van der Waals surface area contributed by atoms with Crippen LogP contribution in [0, 0.1) is 5.92 Å². The van der Waals surface area contributed by atoms with E-state index in [-0.39, 0.29) is 5.91 Å². The maximum atomic E-state index is 11.8. The third-order valence-electron chi connectivity index (χ3n) is 3.06. The Labute approximate surface area is 145 Å². The summed E-state index contributed by atoms with van der Waals surface area (Å²) in [7, 11) is 1.97. The van der Waals surface area contributed by atoms with Gasteiger partial charge in [-0.1, -0.05) is 31.7 Å². The van der Waals surface area contributed by atoms with Gasteiger partial charge in [0.25, 0.3) is 0 Å². The van der Waals surface area contributed by atoms with Crippen LogP contribution in [0.15, 0.2) is 28.7 Å². The standard InChI is InChI=1S/C16H22N4OS2/c1-12(2)11-23-16-19-18-14(20(16)3)8-9-17-15(21)7-6-13-5-4-10-22-13/h4-7,10,12H,8-9,11H2,1-3H3,(H,17,21). The van der Waals surface area contributed by atoms with E-state index >= 15 is 0 Å². The van der Waals surface area contributed by atoms with Gasteiger partial charge in [-0.15, -0.1) is 21.5 Å². The van der Waals surface area contributed by atoms with Gasteiger partial charge in [0, 0.05) is 36.7 Å².